The fourth-order valence-electron chi connectivity index (χ4n) is 4.62. The van der Waals surface area contributed by atoms with Gasteiger partial charge in [-0.3, -0.25) is 14.3 Å². The molecule has 7 nitrogen and oxygen atoms in total. The van der Waals surface area contributed by atoms with E-state index >= 15 is 0 Å². The van der Waals surface area contributed by atoms with Crippen molar-refractivity contribution in [3.05, 3.63) is 52.7 Å². The van der Waals surface area contributed by atoms with Crippen LogP contribution in [0.4, 0.5) is 5.69 Å². The molecular weight excluding hydrogens is 366 g/mol. The number of fused-ring (bicyclic) bond motifs is 1. The molecule has 1 aromatic carbocycles. The standard InChI is InChI=1S/C22H27N5O2/c1-16-21(24-15-29-16)13-25-8-10-26(11-9-25)18-6-7-19-20(12-18)23-14-27(22(19)28)17-4-2-3-5-17/h6-7,12,14-15,17H,2-5,8-11,13H2,1H3. The lowest BCUT2D eigenvalue weighted by Crippen LogP contribution is -2.46. The average molecular weight is 393 g/mol. The Hall–Kier alpha value is -2.67. The number of benzene rings is 1. The molecule has 29 heavy (non-hydrogen) atoms. The summed E-state index contributed by atoms with van der Waals surface area (Å²) < 4.78 is 7.15. The fourth-order valence-corrected chi connectivity index (χ4v) is 4.62. The molecule has 0 amide bonds. The van der Waals surface area contributed by atoms with Crippen LogP contribution < -0.4 is 10.5 Å². The van der Waals surface area contributed by atoms with Crippen LogP contribution in [0.3, 0.4) is 0 Å². The first-order chi connectivity index (χ1) is 14.2. The van der Waals surface area contributed by atoms with Crippen molar-refractivity contribution >= 4 is 16.6 Å². The lowest BCUT2D eigenvalue weighted by atomic mass is 10.1. The number of hydrogen-bond acceptors (Lipinski definition) is 6. The molecule has 0 atom stereocenters. The van der Waals surface area contributed by atoms with Gasteiger partial charge in [0, 0.05) is 44.5 Å². The van der Waals surface area contributed by atoms with Crippen LogP contribution in [-0.4, -0.2) is 45.6 Å². The van der Waals surface area contributed by atoms with Crippen LogP contribution in [0.5, 0.6) is 0 Å². The van der Waals surface area contributed by atoms with Gasteiger partial charge in [-0.05, 0) is 38.0 Å². The van der Waals surface area contributed by atoms with Crippen molar-refractivity contribution < 1.29 is 4.42 Å². The summed E-state index contributed by atoms with van der Waals surface area (Å²) in [5.74, 6) is 0.899. The van der Waals surface area contributed by atoms with E-state index < -0.39 is 0 Å². The Labute approximate surface area is 170 Å². The van der Waals surface area contributed by atoms with Gasteiger partial charge in [0.15, 0.2) is 6.39 Å². The number of aryl methyl sites for hydroxylation is 1. The summed E-state index contributed by atoms with van der Waals surface area (Å²) >= 11 is 0. The van der Waals surface area contributed by atoms with Crippen molar-refractivity contribution in [3.63, 3.8) is 0 Å². The van der Waals surface area contributed by atoms with Crippen LogP contribution in [0.15, 0.2) is 40.1 Å². The average Bonchev–Trinajstić information content (AvgIpc) is 3.41. The van der Waals surface area contributed by atoms with E-state index in [1.165, 1.54) is 19.2 Å². The highest BCUT2D eigenvalue weighted by Crippen LogP contribution is 2.28. The molecule has 7 heteroatoms. The van der Waals surface area contributed by atoms with E-state index in [4.69, 9.17) is 4.42 Å². The van der Waals surface area contributed by atoms with Crippen LogP contribution >= 0.6 is 0 Å². The zero-order chi connectivity index (χ0) is 19.8. The largest absolute Gasteiger partial charge is 0.448 e. The van der Waals surface area contributed by atoms with Crippen molar-refractivity contribution in [1.82, 2.24) is 19.4 Å². The van der Waals surface area contributed by atoms with Gasteiger partial charge in [-0.2, -0.15) is 0 Å². The number of nitrogens with zero attached hydrogens (tertiary/aromatic N) is 5. The maximum absolute atomic E-state index is 12.9. The van der Waals surface area contributed by atoms with Crippen LogP contribution in [0, 0.1) is 6.92 Å². The Balaban J connectivity index is 1.30. The molecule has 3 aromatic rings. The lowest BCUT2D eigenvalue weighted by Gasteiger charge is -2.35. The SMILES string of the molecule is Cc1ocnc1CN1CCN(c2ccc3c(=O)n(C4CCCC4)cnc3c2)CC1. The molecule has 1 aliphatic heterocycles. The quantitative estimate of drug-likeness (QED) is 0.678. The van der Waals surface area contributed by atoms with E-state index in [1.807, 2.05) is 17.6 Å². The molecule has 0 spiro atoms. The topological polar surface area (TPSA) is 67.4 Å². The molecule has 0 radical (unpaired) electrons. The zero-order valence-corrected chi connectivity index (χ0v) is 16.9. The van der Waals surface area contributed by atoms with Crippen molar-refractivity contribution in [2.45, 2.75) is 45.2 Å². The summed E-state index contributed by atoms with van der Waals surface area (Å²) in [5.41, 5.74) is 3.05. The summed E-state index contributed by atoms with van der Waals surface area (Å²) in [6.07, 6.45) is 7.85. The number of oxazole rings is 1. The van der Waals surface area contributed by atoms with Gasteiger partial charge in [-0.25, -0.2) is 9.97 Å². The maximum atomic E-state index is 12.9. The maximum Gasteiger partial charge on any atom is 0.261 e. The van der Waals surface area contributed by atoms with E-state index in [0.717, 1.165) is 73.6 Å². The van der Waals surface area contributed by atoms with Gasteiger partial charge in [0.25, 0.3) is 5.56 Å². The second kappa shape index (κ2) is 7.63. The molecule has 5 rings (SSSR count). The fraction of sp³-hybridized carbons (Fsp3) is 0.500. The minimum absolute atomic E-state index is 0.0984. The first-order valence-electron chi connectivity index (χ1n) is 10.6. The minimum atomic E-state index is 0.0984. The van der Waals surface area contributed by atoms with Crippen LogP contribution in [0.1, 0.15) is 43.2 Å². The van der Waals surface area contributed by atoms with Gasteiger partial charge < -0.3 is 9.32 Å². The molecular formula is C22H27N5O2. The van der Waals surface area contributed by atoms with Gasteiger partial charge in [0.1, 0.15) is 5.76 Å². The van der Waals surface area contributed by atoms with Gasteiger partial charge >= 0.3 is 0 Å². The van der Waals surface area contributed by atoms with Crippen LogP contribution in [0.25, 0.3) is 10.9 Å². The van der Waals surface area contributed by atoms with Crippen LogP contribution in [-0.2, 0) is 6.54 Å². The summed E-state index contributed by atoms with van der Waals surface area (Å²) in [5, 5.41) is 0.725. The Morgan fingerprint density at radius 1 is 1.10 bits per heavy atom. The second-order valence-electron chi connectivity index (χ2n) is 8.22. The Morgan fingerprint density at radius 2 is 1.90 bits per heavy atom. The predicted octanol–water partition coefficient (Wildman–Crippen LogP) is 3.13. The highest BCUT2D eigenvalue weighted by Gasteiger charge is 2.21. The number of rotatable bonds is 4. The molecule has 1 aliphatic carbocycles. The van der Waals surface area contributed by atoms with Gasteiger partial charge in [-0.15, -0.1) is 0 Å². The third-order valence-corrected chi connectivity index (χ3v) is 6.44. The molecule has 0 unspecified atom stereocenters. The predicted molar refractivity (Wildman–Crippen MR) is 112 cm³/mol. The van der Waals surface area contributed by atoms with Crippen LogP contribution in [0.2, 0.25) is 0 Å². The zero-order valence-electron chi connectivity index (χ0n) is 16.9. The summed E-state index contributed by atoms with van der Waals surface area (Å²) in [6.45, 7) is 6.63. The number of piperazine rings is 1. The molecule has 1 saturated carbocycles. The van der Waals surface area contributed by atoms with Gasteiger partial charge in [-0.1, -0.05) is 12.8 Å². The molecule has 2 aliphatic rings. The Bertz CT molecular complexity index is 1060. The normalized spacial score (nSPS) is 18.7. The molecule has 0 bridgehead atoms. The summed E-state index contributed by atoms with van der Waals surface area (Å²) in [6, 6.07) is 6.41. The highest BCUT2D eigenvalue weighted by atomic mass is 16.3. The summed E-state index contributed by atoms with van der Waals surface area (Å²) in [4.78, 5) is 26.6. The third-order valence-electron chi connectivity index (χ3n) is 6.44. The van der Waals surface area contributed by atoms with E-state index in [0.29, 0.717) is 6.04 Å². The van der Waals surface area contributed by atoms with Crippen molar-refractivity contribution in [1.29, 1.82) is 0 Å². The monoisotopic (exact) mass is 393 g/mol. The minimum Gasteiger partial charge on any atom is -0.448 e. The lowest BCUT2D eigenvalue weighted by molar-refractivity contribution is 0.246. The highest BCUT2D eigenvalue weighted by molar-refractivity contribution is 5.81. The molecule has 2 aromatic heterocycles. The molecule has 0 N–H and O–H groups in total. The van der Waals surface area contributed by atoms with E-state index in [9.17, 15) is 4.79 Å². The van der Waals surface area contributed by atoms with Crippen molar-refractivity contribution in [3.8, 4) is 0 Å². The van der Waals surface area contributed by atoms with E-state index in [1.54, 1.807) is 6.33 Å². The first-order valence-corrected chi connectivity index (χ1v) is 10.6. The molecule has 152 valence electrons. The van der Waals surface area contributed by atoms with Gasteiger partial charge in [0.2, 0.25) is 0 Å². The van der Waals surface area contributed by atoms with Crippen molar-refractivity contribution in [2.24, 2.45) is 0 Å². The second-order valence-corrected chi connectivity index (χ2v) is 8.22. The van der Waals surface area contributed by atoms with E-state index in [2.05, 4.69) is 31.9 Å². The number of hydrogen-bond donors (Lipinski definition) is 0. The molecule has 2 fully saturated rings. The smallest absolute Gasteiger partial charge is 0.261 e. The number of aromatic nitrogens is 3. The number of anilines is 1. The Kier molecular flexibility index (Phi) is 4.83. The van der Waals surface area contributed by atoms with E-state index in [-0.39, 0.29) is 5.56 Å². The van der Waals surface area contributed by atoms with Gasteiger partial charge in [0.05, 0.1) is 22.9 Å². The Morgan fingerprint density at radius 3 is 2.62 bits per heavy atom. The summed E-state index contributed by atoms with van der Waals surface area (Å²) in [7, 11) is 0. The molecule has 3 heterocycles. The molecule has 1 saturated heterocycles. The third kappa shape index (κ3) is 3.55. The first kappa shape index (κ1) is 18.4. The van der Waals surface area contributed by atoms with Crippen molar-refractivity contribution in [2.75, 3.05) is 31.1 Å².